The van der Waals surface area contributed by atoms with Crippen LogP contribution >= 0.6 is 11.9 Å². The lowest BCUT2D eigenvalue weighted by atomic mass is 10.5. The molecule has 1 aromatic heterocycles. The quantitative estimate of drug-likeness (QED) is 0.666. The first kappa shape index (κ1) is 8.03. The van der Waals surface area contributed by atoms with Gasteiger partial charge in [-0.1, -0.05) is 0 Å². The number of rotatable bonds is 2. The average Bonchev–Trinajstić information content (AvgIpc) is 2.59. The Morgan fingerprint density at radius 2 is 2.33 bits per heavy atom. The Bertz CT molecular complexity index is 221. The Labute approximate surface area is 74.6 Å². The Morgan fingerprint density at radius 3 is 3.00 bits per heavy atom. The summed E-state index contributed by atoms with van der Waals surface area (Å²) in [5, 5.41) is 11.2. The molecule has 0 radical (unpaired) electrons. The fraction of sp³-hybridized carbons (Fsp3) is 0.667. The second kappa shape index (κ2) is 3.88. The van der Waals surface area contributed by atoms with Crippen LogP contribution in [0.25, 0.3) is 0 Å². The second-order valence-corrected chi connectivity index (χ2v) is 3.56. The Morgan fingerprint density at radius 1 is 1.50 bits per heavy atom. The molecule has 6 heteroatoms. The minimum absolute atomic E-state index is 0.810. The van der Waals surface area contributed by atoms with Crippen molar-refractivity contribution in [3.05, 3.63) is 6.20 Å². The highest BCUT2D eigenvalue weighted by molar-refractivity contribution is 7.97. The van der Waals surface area contributed by atoms with E-state index in [4.69, 9.17) is 4.74 Å². The molecule has 1 aromatic rings. The van der Waals surface area contributed by atoms with Crippen LogP contribution in [0.4, 0.5) is 0 Å². The van der Waals surface area contributed by atoms with Crippen LogP contribution in [-0.2, 0) is 4.74 Å². The highest BCUT2D eigenvalue weighted by atomic mass is 32.2. The van der Waals surface area contributed by atoms with Gasteiger partial charge >= 0.3 is 0 Å². The number of H-pyrrole nitrogens is 1. The van der Waals surface area contributed by atoms with Gasteiger partial charge < -0.3 is 4.74 Å². The number of hydrogen-bond acceptors (Lipinski definition) is 5. The van der Waals surface area contributed by atoms with E-state index in [1.807, 2.05) is 0 Å². The molecule has 0 atom stereocenters. The van der Waals surface area contributed by atoms with Crippen molar-refractivity contribution in [3.8, 4) is 0 Å². The van der Waals surface area contributed by atoms with Gasteiger partial charge in [0.15, 0.2) is 5.03 Å². The molecule has 12 heavy (non-hydrogen) atoms. The van der Waals surface area contributed by atoms with E-state index in [9.17, 15) is 0 Å². The van der Waals surface area contributed by atoms with Crippen LogP contribution in [0.15, 0.2) is 11.2 Å². The molecule has 0 unspecified atom stereocenters. The first-order chi connectivity index (χ1) is 5.95. The number of ether oxygens (including phenoxy) is 1. The number of aromatic nitrogens is 3. The third-order valence-corrected chi connectivity index (χ3v) is 2.59. The maximum absolute atomic E-state index is 5.22. The van der Waals surface area contributed by atoms with Crippen molar-refractivity contribution >= 4 is 11.9 Å². The largest absolute Gasteiger partial charge is 0.379 e. The maximum atomic E-state index is 5.22. The van der Waals surface area contributed by atoms with E-state index in [0.29, 0.717) is 0 Å². The topological polar surface area (TPSA) is 54.0 Å². The summed E-state index contributed by atoms with van der Waals surface area (Å²) in [7, 11) is 0. The molecule has 0 bridgehead atoms. The average molecular weight is 186 g/mol. The predicted octanol–water partition coefficient (Wildman–Crippen LogP) is 0.144. The van der Waals surface area contributed by atoms with Gasteiger partial charge in [-0.05, 0) is 11.9 Å². The fourth-order valence-electron chi connectivity index (χ4n) is 1.01. The van der Waals surface area contributed by atoms with Crippen LogP contribution in [0.5, 0.6) is 0 Å². The molecule has 66 valence electrons. The second-order valence-electron chi connectivity index (χ2n) is 2.44. The first-order valence-corrected chi connectivity index (χ1v) is 4.59. The van der Waals surface area contributed by atoms with E-state index in [-0.39, 0.29) is 0 Å². The van der Waals surface area contributed by atoms with Gasteiger partial charge in [0, 0.05) is 13.1 Å². The molecule has 0 spiro atoms. The molecule has 1 saturated heterocycles. The monoisotopic (exact) mass is 186 g/mol. The van der Waals surface area contributed by atoms with Gasteiger partial charge in [-0.2, -0.15) is 10.3 Å². The van der Waals surface area contributed by atoms with Crippen LogP contribution < -0.4 is 0 Å². The number of nitrogens with zero attached hydrogens (tertiary/aromatic N) is 3. The van der Waals surface area contributed by atoms with Gasteiger partial charge in [0.2, 0.25) is 0 Å². The lowest BCUT2D eigenvalue weighted by Gasteiger charge is -2.23. The SMILES string of the molecule is c1n[nH]nc1SN1CCOCC1. The Kier molecular flexibility index (Phi) is 2.60. The number of nitrogens with one attached hydrogen (secondary N) is 1. The molecule has 2 rings (SSSR count). The van der Waals surface area contributed by atoms with Crippen molar-refractivity contribution in [1.82, 2.24) is 19.7 Å². The van der Waals surface area contributed by atoms with E-state index in [1.165, 1.54) is 0 Å². The minimum Gasteiger partial charge on any atom is -0.379 e. The maximum Gasteiger partial charge on any atom is 0.153 e. The molecule has 2 heterocycles. The van der Waals surface area contributed by atoms with Crippen molar-refractivity contribution in [2.24, 2.45) is 0 Å². The van der Waals surface area contributed by atoms with E-state index in [0.717, 1.165) is 31.3 Å². The smallest absolute Gasteiger partial charge is 0.153 e. The van der Waals surface area contributed by atoms with Gasteiger partial charge in [-0.15, -0.1) is 5.10 Å². The van der Waals surface area contributed by atoms with E-state index >= 15 is 0 Å². The summed E-state index contributed by atoms with van der Waals surface area (Å²) in [6.07, 6.45) is 1.72. The van der Waals surface area contributed by atoms with Crippen LogP contribution in [0.1, 0.15) is 0 Å². The van der Waals surface area contributed by atoms with Crippen molar-refractivity contribution in [3.63, 3.8) is 0 Å². The van der Waals surface area contributed by atoms with E-state index in [2.05, 4.69) is 19.7 Å². The molecule has 0 aromatic carbocycles. The van der Waals surface area contributed by atoms with Crippen LogP contribution in [-0.4, -0.2) is 46.0 Å². The third-order valence-electron chi connectivity index (χ3n) is 1.59. The van der Waals surface area contributed by atoms with Gasteiger partial charge in [0.1, 0.15) is 0 Å². The number of hydrogen-bond donors (Lipinski definition) is 1. The normalized spacial score (nSPS) is 19.7. The molecular formula is C6H10N4OS. The number of aromatic amines is 1. The van der Waals surface area contributed by atoms with Gasteiger partial charge in [-0.3, -0.25) is 0 Å². The van der Waals surface area contributed by atoms with Crippen molar-refractivity contribution in [1.29, 1.82) is 0 Å². The summed E-state index contributed by atoms with van der Waals surface area (Å²) in [4.78, 5) is 0. The van der Waals surface area contributed by atoms with E-state index < -0.39 is 0 Å². The first-order valence-electron chi connectivity index (χ1n) is 3.81. The molecule has 0 saturated carbocycles. The Balaban J connectivity index is 1.86. The summed E-state index contributed by atoms with van der Waals surface area (Å²) in [6, 6.07) is 0. The lowest BCUT2D eigenvalue weighted by Crippen LogP contribution is -2.30. The summed E-state index contributed by atoms with van der Waals surface area (Å²) in [5.74, 6) is 0. The summed E-state index contributed by atoms with van der Waals surface area (Å²) in [5.41, 5.74) is 0. The zero-order chi connectivity index (χ0) is 8.23. The molecule has 5 nitrogen and oxygen atoms in total. The van der Waals surface area contributed by atoms with Gasteiger partial charge in [0.05, 0.1) is 19.4 Å². The molecule has 1 aliphatic heterocycles. The predicted molar refractivity (Wildman–Crippen MR) is 44.6 cm³/mol. The molecule has 0 aliphatic carbocycles. The van der Waals surface area contributed by atoms with Crippen molar-refractivity contribution < 1.29 is 4.74 Å². The summed E-state index contributed by atoms with van der Waals surface area (Å²) in [6.45, 7) is 3.53. The third kappa shape index (κ3) is 1.96. The van der Waals surface area contributed by atoms with Crippen molar-refractivity contribution in [2.45, 2.75) is 5.03 Å². The zero-order valence-electron chi connectivity index (χ0n) is 6.56. The van der Waals surface area contributed by atoms with Crippen LogP contribution in [0, 0.1) is 0 Å². The fourth-order valence-corrected chi connectivity index (χ4v) is 1.78. The number of morpholine rings is 1. The molecular weight excluding hydrogens is 176 g/mol. The highest BCUT2D eigenvalue weighted by Crippen LogP contribution is 2.19. The molecule has 1 fully saturated rings. The van der Waals surface area contributed by atoms with Crippen LogP contribution in [0.2, 0.25) is 0 Å². The highest BCUT2D eigenvalue weighted by Gasteiger charge is 2.12. The minimum atomic E-state index is 0.810. The van der Waals surface area contributed by atoms with Crippen molar-refractivity contribution in [2.75, 3.05) is 26.3 Å². The lowest BCUT2D eigenvalue weighted by molar-refractivity contribution is 0.0773. The van der Waals surface area contributed by atoms with Crippen LogP contribution in [0.3, 0.4) is 0 Å². The summed E-state index contributed by atoms with van der Waals surface area (Å²) < 4.78 is 7.44. The molecule has 1 N–H and O–H groups in total. The van der Waals surface area contributed by atoms with Gasteiger partial charge in [-0.25, -0.2) is 4.31 Å². The summed E-state index contributed by atoms with van der Waals surface area (Å²) >= 11 is 1.62. The van der Waals surface area contributed by atoms with Gasteiger partial charge in [0.25, 0.3) is 0 Å². The standard InChI is InChI=1S/C6H10N4OS/c1-3-11-4-2-10(1)12-6-5-7-9-8-6/h5H,1-4H2,(H,7,8,9). The molecule has 1 aliphatic rings. The zero-order valence-corrected chi connectivity index (χ0v) is 7.38. The Hall–Kier alpha value is -0.590. The van der Waals surface area contributed by atoms with E-state index in [1.54, 1.807) is 18.1 Å². The molecule has 0 amide bonds.